The number of ether oxygens (including phenoxy) is 1. The van der Waals surface area contributed by atoms with Gasteiger partial charge in [0.1, 0.15) is 5.75 Å². The maximum atomic E-state index is 12.1. The van der Waals surface area contributed by atoms with Gasteiger partial charge in [-0.3, -0.25) is 9.59 Å². The minimum Gasteiger partial charge on any atom is -0.439 e. The number of hydrogen-bond donors (Lipinski definition) is 0. The molecule has 1 aromatic heterocycles. The molecule has 1 aliphatic heterocycles. The molecule has 0 spiro atoms. The first-order chi connectivity index (χ1) is 11.5. The van der Waals surface area contributed by atoms with E-state index in [1.165, 1.54) is 18.7 Å². The van der Waals surface area contributed by atoms with Gasteiger partial charge in [0.25, 0.3) is 0 Å². The maximum absolute atomic E-state index is 12.1. The van der Waals surface area contributed by atoms with Crippen LogP contribution >= 0.6 is 27.7 Å². The number of benzene rings is 1. The van der Waals surface area contributed by atoms with Crippen LogP contribution in [0.15, 0.2) is 47.1 Å². The minimum absolute atomic E-state index is 0.00703. The van der Waals surface area contributed by atoms with Gasteiger partial charge in [-0.1, -0.05) is 33.8 Å². The van der Waals surface area contributed by atoms with Crippen molar-refractivity contribution in [1.82, 2.24) is 4.98 Å². The summed E-state index contributed by atoms with van der Waals surface area (Å²) in [4.78, 5) is 29.2. The standard InChI is InChI=1S/C17H15BrN2O3S/c1-11(21)24-15-8-17(22)20(10-15)13-5-6-16(19-9-13)23-14-4-2-3-12(18)7-14/h2-7,9,15H,8,10H2,1H3. The van der Waals surface area contributed by atoms with Crippen molar-refractivity contribution in [2.75, 3.05) is 11.4 Å². The summed E-state index contributed by atoms with van der Waals surface area (Å²) in [5.41, 5.74) is 0.716. The molecule has 1 aromatic carbocycles. The maximum Gasteiger partial charge on any atom is 0.228 e. The van der Waals surface area contributed by atoms with Crippen LogP contribution in [0.4, 0.5) is 5.69 Å². The second-order valence-electron chi connectivity index (χ2n) is 5.35. The molecule has 0 bridgehead atoms. The number of carbonyl (C=O) groups is 2. The number of carbonyl (C=O) groups excluding carboxylic acids is 2. The summed E-state index contributed by atoms with van der Waals surface area (Å²) in [5, 5.41) is 0.0399. The Kier molecular flexibility index (Phi) is 5.20. The molecule has 24 heavy (non-hydrogen) atoms. The smallest absolute Gasteiger partial charge is 0.228 e. The number of thioether (sulfide) groups is 1. The highest BCUT2D eigenvalue weighted by atomic mass is 79.9. The van der Waals surface area contributed by atoms with E-state index >= 15 is 0 Å². The highest BCUT2D eigenvalue weighted by Crippen LogP contribution is 2.30. The van der Waals surface area contributed by atoms with Crippen LogP contribution in [0.3, 0.4) is 0 Å². The third-order valence-electron chi connectivity index (χ3n) is 3.47. The molecule has 1 unspecified atom stereocenters. The number of hydrogen-bond acceptors (Lipinski definition) is 5. The fraction of sp³-hybridized carbons (Fsp3) is 0.235. The Morgan fingerprint density at radius 1 is 1.38 bits per heavy atom. The molecule has 0 aliphatic carbocycles. The molecule has 1 atom stereocenters. The van der Waals surface area contributed by atoms with E-state index in [-0.39, 0.29) is 16.3 Å². The van der Waals surface area contributed by atoms with Gasteiger partial charge in [0, 0.05) is 35.7 Å². The average Bonchev–Trinajstić information content (AvgIpc) is 2.88. The molecule has 0 N–H and O–H groups in total. The molecular formula is C17H15BrN2O3S. The zero-order chi connectivity index (χ0) is 17.1. The van der Waals surface area contributed by atoms with E-state index < -0.39 is 0 Å². The summed E-state index contributed by atoms with van der Waals surface area (Å²) in [6, 6.07) is 11.0. The van der Waals surface area contributed by atoms with Gasteiger partial charge >= 0.3 is 0 Å². The molecule has 3 rings (SSSR count). The first kappa shape index (κ1) is 17.0. The van der Waals surface area contributed by atoms with Crippen molar-refractivity contribution in [2.45, 2.75) is 18.6 Å². The molecule has 1 fully saturated rings. The van der Waals surface area contributed by atoms with Crippen LogP contribution < -0.4 is 9.64 Å². The van der Waals surface area contributed by atoms with Gasteiger partial charge in [-0.05, 0) is 24.3 Å². The molecule has 2 heterocycles. The number of halogens is 1. The van der Waals surface area contributed by atoms with Crippen molar-refractivity contribution in [3.8, 4) is 11.6 Å². The largest absolute Gasteiger partial charge is 0.439 e. The van der Waals surface area contributed by atoms with E-state index in [0.29, 0.717) is 30.3 Å². The number of pyridine rings is 1. The van der Waals surface area contributed by atoms with Gasteiger partial charge in [0.05, 0.1) is 11.9 Å². The molecule has 1 saturated heterocycles. The molecule has 5 nitrogen and oxygen atoms in total. The first-order valence-electron chi connectivity index (χ1n) is 7.38. The van der Waals surface area contributed by atoms with E-state index in [0.717, 1.165) is 4.47 Å². The van der Waals surface area contributed by atoms with Crippen LogP contribution in [-0.2, 0) is 9.59 Å². The molecule has 1 amide bonds. The zero-order valence-corrected chi connectivity index (χ0v) is 15.3. The number of rotatable bonds is 4. The first-order valence-corrected chi connectivity index (χ1v) is 9.05. The average molecular weight is 407 g/mol. The molecule has 2 aromatic rings. The Labute approximate surface area is 152 Å². The van der Waals surface area contributed by atoms with Crippen molar-refractivity contribution in [1.29, 1.82) is 0 Å². The van der Waals surface area contributed by atoms with E-state index in [1.807, 2.05) is 24.3 Å². The topological polar surface area (TPSA) is 59.5 Å². The molecular weight excluding hydrogens is 392 g/mol. The van der Waals surface area contributed by atoms with Crippen molar-refractivity contribution in [2.24, 2.45) is 0 Å². The third kappa shape index (κ3) is 4.15. The predicted molar refractivity (Wildman–Crippen MR) is 97.5 cm³/mol. The van der Waals surface area contributed by atoms with Gasteiger partial charge in [-0.2, -0.15) is 0 Å². The Hall–Kier alpha value is -1.86. The van der Waals surface area contributed by atoms with E-state index in [9.17, 15) is 9.59 Å². The second-order valence-corrected chi connectivity index (χ2v) is 7.75. The van der Waals surface area contributed by atoms with Crippen LogP contribution in [0.25, 0.3) is 0 Å². The monoisotopic (exact) mass is 406 g/mol. The Bertz CT molecular complexity index is 767. The van der Waals surface area contributed by atoms with Gasteiger partial charge in [-0.15, -0.1) is 0 Å². The molecule has 7 heteroatoms. The van der Waals surface area contributed by atoms with Gasteiger partial charge in [0.15, 0.2) is 5.12 Å². The summed E-state index contributed by atoms with van der Waals surface area (Å²) in [6.07, 6.45) is 1.99. The lowest BCUT2D eigenvalue weighted by Gasteiger charge is -2.16. The Morgan fingerprint density at radius 2 is 2.21 bits per heavy atom. The van der Waals surface area contributed by atoms with Gasteiger partial charge in [-0.25, -0.2) is 4.98 Å². The summed E-state index contributed by atoms with van der Waals surface area (Å²) < 4.78 is 6.61. The van der Waals surface area contributed by atoms with Crippen LogP contribution in [0.1, 0.15) is 13.3 Å². The summed E-state index contributed by atoms with van der Waals surface area (Å²) in [6.45, 7) is 2.05. The fourth-order valence-electron chi connectivity index (χ4n) is 2.48. The zero-order valence-electron chi connectivity index (χ0n) is 12.9. The second kappa shape index (κ2) is 7.36. The lowest BCUT2D eigenvalue weighted by Crippen LogP contribution is -2.25. The van der Waals surface area contributed by atoms with Gasteiger partial charge in [0.2, 0.25) is 11.8 Å². The molecule has 0 saturated carbocycles. The van der Waals surface area contributed by atoms with Crippen molar-refractivity contribution >= 4 is 44.4 Å². The normalized spacial score (nSPS) is 17.2. The van der Waals surface area contributed by atoms with Crippen LogP contribution in [0.5, 0.6) is 11.6 Å². The molecule has 124 valence electrons. The highest BCUT2D eigenvalue weighted by molar-refractivity contribution is 9.10. The lowest BCUT2D eigenvalue weighted by atomic mass is 10.3. The van der Waals surface area contributed by atoms with Crippen LogP contribution in [0.2, 0.25) is 0 Å². The highest BCUT2D eigenvalue weighted by Gasteiger charge is 2.32. The predicted octanol–water partition coefficient (Wildman–Crippen LogP) is 4.02. The van der Waals surface area contributed by atoms with Crippen LogP contribution in [-0.4, -0.2) is 27.8 Å². The molecule has 0 radical (unpaired) electrons. The van der Waals surface area contributed by atoms with Crippen molar-refractivity contribution in [3.63, 3.8) is 0 Å². The summed E-state index contributed by atoms with van der Waals surface area (Å²) in [7, 11) is 0. The lowest BCUT2D eigenvalue weighted by molar-refractivity contribution is -0.117. The number of aromatic nitrogens is 1. The van der Waals surface area contributed by atoms with Crippen molar-refractivity contribution < 1.29 is 14.3 Å². The Morgan fingerprint density at radius 3 is 2.88 bits per heavy atom. The number of nitrogens with zero attached hydrogens (tertiary/aromatic N) is 2. The molecule has 1 aliphatic rings. The summed E-state index contributed by atoms with van der Waals surface area (Å²) >= 11 is 4.61. The van der Waals surface area contributed by atoms with Crippen LogP contribution in [0, 0.1) is 0 Å². The minimum atomic E-state index is 0.00703. The number of anilines is 1. The number of amides is 1. The summed E-state index contributed by atoms with van der Waals surface area (Å²) in [5.74, 6) is 1.15. The fourth-order valence-corrected chi connectivity index (χ4v) is 3.78. The third-order valence-corrected chi connectivity index (χ3v) is 4.95. The van der Waals surface area contributed by atoms with Crippen molar-refractivity contribution in [3.05, 3.63) is 47.1 Å². The quantitative estimate of drug-likeness (QED) is 0.766. The van der Waals surface area contributed by atoms with E-state index in [4.69, 9.17) is 4.74 Å². The van der Waals surface area contributed by atoms with Gasteiger partial charge < -0.3 is 9.64 Å². The van der Waals surface area contributed by atoms with E-state index in [2.05, 4.69) is 20.9 Å². The SMILES string of the molecule is CC(=O)SC1CC(=O)N(c2ccc(Oc3cccc(Br)c3)nc2)C1. The Balaban J connectivity index is 1.68. The van der Waals surface area contributed by atoms with E-state index in [1.54, 1.807) is 23.2 Å².